The molecule has 0 aromatic heterocycles. The minimum atomic E-state index is -4.16. The Morgan fingerprint density at radius 2 is 2.08 bits per heavy atom. The number of halogens is 3. The van der Waals surface area contributed by atoms with Gasteiger partial charge in [-0.25, -0.2) is 4.99 Å². The van der Waals surface area contributed by atoms with Crippen LogP contribution in [0.4, 0.5) is 18.9 Å². The lowest BCUT2D eigenvalue weighted by Crippen LogP contribution is -2.33. The normalized spacial score (nSPS) is 22.5. The average molecular weight is 340 g/mol. The topological polar surface area (TPSA) is 53.6 Å². The van der Waals surface area contributed by atoms with Crippen LogP contribution in [0, 0.1) is 0 Å². The van der Waals surface area contributed by atoms with E-state index in [2.05, 4.69) is 16.4 Å². The Morgan fingerprint density at radius 3 is 2.88 bits per heavy atom. The standard InChI is InChI=1S/C17H23F3N4/c18-17(19,20)11-24-9-8-13(10-24)22-16(21)23-15-7-3-5-12-4-1-2-6-14(12)15/h3,5,7,13H,1-2,4,6,8-11H2,(H3,21,22,23). The fraction of sp³-hybridized carbons (Fsp3) is 0.588. The molecule has 0 bridgehead atoms. The molecule has 1 aliphatic carbocycles. The highest BCUT2D eigenvalue weighted by atomic mass is 19.4. The van der Waals surface area contributed by atoms with Gasteiger partial charge in [0.2, 0.25) is 0 Å². The number of nitrogens with one attached hydrogen (secondary N) is 1. The Kier molecular flexibility index (Phi) is 4.99. The van der Waals surface area contributed by atoms with Crippen LogP contribution in [0.15, 0.2) is 23.2 Å². The van der Waals surface area contributed by atoms with Crippen molar-refractivity contribution >= 4 is 11.6 Å². The second kappa shape index (κ2) is 7.01. The molecule has 1 aromatic rings. The number of nitrogens with two attached hydrogens (primary N) is 1. The highest BCUT2D eigenvalue weighted by Crippen LogP contribution is 2.28. The molecule has 1 aliphatic heterocycles. The average Bonchev–Trinajstić information content (AvgIpc) is 2.92. The number of rotatable bonds is 3. The van der Waals surface area contributed by atoms with E-state index >= 15 is 0 Å². The molecule has 24 heavy (non-hydrogen) atoms. The Morgan fingerprint density at radius 1 is 1.29 bits per heavy atom. The fourth-order valence-corrected chi connectivity index (χ4v) is 3.58. The molecule has 1 saturated heterocycles. The van der Waals surface area contributed by atoms with Crippen LogP contribution in [0.1, 0.15) is 30.4 Å². The highest BCUT2D eigenvalue weighted by Gasteiger charge is 2.34. The van der Waals surface area contributed by atoms with Crippen LogP contribution in [0.3, 0.4) is 0 Å². The van der Waals surface area contributed by atoms with E-state index < -0.39 is 12.7 Å². The van der Waals surface area contributed by atoms with Crippen LogP contribution in [0.5, 0.6) is 0 Å². The largest absolute Gasteiger partial charge is 0.401 e. The smallest absolute Gasteiger partial charge is 0.370 e. The molecule has 1 heterocycles. The van der Waals surface area contributed by atoms with Crippen LogP contribution in [0.2, 0.25) is 0 Å². The van der Waals surface area contributed by atoms with Crippen molar-refractivity contribution in [3.8, 4) is 0 Å². The minimum Gasteiger partial charge on any atom is -0.370 e. The maximum absolute atomic E-state index is 12.4. The Bertz CT molecular complexity index is 612. The minimum absolute atomic E-state index is 0.181. The van der Waals surface area contributed by atoms with Gasteiger partial charge in [0.1, 0.15) is 0 Å². The Hall–Kier alpha value is -1.76. The van der Waals surface area contributed by atoms with Crippen molar-refractivity contribution < 1.29 is 13.2 Å². The molecule has 3 rings (SSSR count). The van der Waals surface area contributed by atoms with E-state index in [1.807, 2.05) is 12.1 Å². The van der Waals surface area contributed by atoms with Crippen molar-refractivity contribution in [2.45, 2.75) is 44.3 Å². The van der Waals surface area contributed by atoms with E-state index in [0.29, 0.717) is 19.5 Å². The molecule has 0 radical (unpaired) electrons. The van der Waals surface area contributed by atoms with Crippen molar-refractivity contribution in [1.29, 1.82) is 0 Å². The number of aryl methyl sites for hydroxylation is 1. The summed E-state index contributed by atoms with van der Waals surface area (Å²) in [5.41, 5.74) is 9.59. The zero-order valence-corrected chi connectivity index (χ0v) is 13.6. The number of fused-ring (bicyclic) bond motifs is 1. The van der Waals surface area contributed by atoms with Crippen molar-refractivity contribution in [1.82, 2.24) is 4.90 Å². The molecule has 1 aromatic carbocycles. The Labute approximate surface area is 139 Å². The first-order valence-corrected chi connectivity index (χ1v) is 8.41. The lowest BCUT2D eigenvalue weighted by Gasteiger charge is -2.20. The molecule has 1 atom stereocenters. The summed E-state index contributed by atoms with van der Waals surface area (Å²) < 4.78 is 37.3. The molecule has 7 heteroatoms. The van der Waals surface area contributed by atoms with E-state index in [1.54, 1.807) is 0 Å². The van der Waals surface area contributed by atoms with Gasteiger partial charge >= 0.3 is 6.18 Å². The lowest BCUT2D eigenvalue weighted by molar-refractivity contribution is -0.143. The van der Waals surface area contributed by atoms with Gasteiger partial charge < -0.3 is 11.1 Å². The zero-order valence-electron chi connectivity index (χ0n) is 13.6. The van der Waals surface area contributed by atoms with Crippen molar-refractivity contribution in [2.75, 3.05) is 25.0 Å². The van der Waals surface area contributed by atoms with Crippen LogP contribution >= 0.6 is 0 Å². The molecule has 0 spiro atoms. The van der Waals surface area contributed by atoms with Crippen molar-refractivity contribution in [2.24, 2.45) is 10.7 Å². The van der Waals surface area contributed by atoms with Crippen LogP contribution in [-0.2, 0) is 12.8 Å². The zero-order chi connectivity index (χ0) is 17.2. The van der Waals surface area contributed by atoms with Gasteiger partial charge in [0.05, 0.1) is 12.6 Å². The number of benzene rings is 1. The van der Waals surface area contributed by atoms with Crippen LogP contribution in [0.25, 0.3) is 0 Å². The van der Waals surface area contributed by atoms with Gasteiger partial charge in [-0.05, 0) is 49.3 Å². The summed E-state index contributed by atoms with van der Waals surface area (Å²) in [4.78, 5) is 5.76. The van der Waals surface area contributed by atoms with Gasteiger partial charge in [0.15, 0.2) is 5.96 Å². The molecule has 0 saturated carbocycles. The third kappa shape index (κ3) is 4.41. The number of aliphatic imine (C=N–C) groups is 1. The van der Waals surface area contributed by atoms with Gasteiger partial charge in [0, 0.05) is 18.8 Å². The summed E-state index contributed by atoms with van der Waals surface area (Å²) in [5, 5.41) is 3.15. The molecule has 1 unspecified atom stereocenters. The van der Waals surface area contributed by atoms with E-state index in [-0.39, 0.29) is 12.0 Å². The summed E-state index contributed by atoms with van der Waals surface area (Å²) in [6.07, 6.45) is 0.914. The van der Waals surface area contributed by atoms with E-state index in [0.717, 1.165) is 24.9 Å². The molecule has 4 nitrogen and oxygen atoms in total. The van der Waals surface area contributed by atoms with Crippen molar-refractivity contribution in [3.05, 3.63) is 29.3 Å². The third-order valence-corrected chi connectivity index (χ3v) is 4.63. The number of alkyl halides is 3. The predicted molar refractivity (Wildman–Crippen MR) is 89.2 cm³/mol. The SMILES string of the molecule is NC(=NC1CCN(CC(F)(F)F)C1)Nc1cccc2c1CCCC2. The second-order valence-electron chi connectivity index (χ2n) is 6.58. The van der Waals surface area contributed by atoms with Crippen LogP contribution in [-0.4, -0.2) is 42.7 Å². The van der Waals surface area contributed by atoms with Gasteiger partial charge in [-0.3, -0.25) is 4.90 Å². The Balaban J connectivity index is 1.61. The van der Waals surface area contributed by atoms with Gasteiger partial charge in [-0.15, -0.1) is 0 Å². The summed E-state index contributed by atoms with van der Waals surface area (Å²) in [5.74, 6) is 0.285. The summed E-state index contributed by atoms with van der Waals surface area (Å²) in [7, 11) is 0. The summed E-state index contributed by atoms with van der Waals surface area (Å²) in [6.45, 7) is -0.172. The van der Waals surface area contributed by atoms with Gasteiger partial charge in [-0.1, -0.05) is 12.1 Å². The third-order valence-electron chi connectivity index (χ3n) is 4.63. The quantitative estimate of drug-likeness (QED) is 0.657. The number of hydrogen-bond donors (Lipinski definition) is 2. The van der Waals surface area contributed by atoms with Crippen molar-refractivity contribution in [3.63, 3.8) is 0 Å². The highest BCUT2D eigenvalue weighted by molar-refractivity contribution is 5.93. The first kappa shape index (κ1) is 17.1. The number of guanidine groups is 1. The van der Waals surface area contributed by atoms with Gasteiger partial charge in [-0.2, -0.15) is 13.2 Å². The molecular weight excluding hydrogens is 317 g/mol. The van der Waals surface area contributed by atoms with Crippen LogP contribution < -0.4 is 11.1 Å². The molecule has 1 fully saturated rings. The number of hydrogen-bond acceptors (Lipinski definition) is 2. The molecule has 2 aliphatic rings. The molecule has 3 N–H and O–H groups in total. The predicted octanol–water partition coefficient (Wildman–Crippen LogP) is 2.93. The lowest BCUT2D eigenvalue weighted by atomic mass is 9.90. The second-order valence-corrected chi connectivity index (χ2v) is 6.58. The maximum Gasteiger partial charge on any atom is 0.401 e. The first-order valence-electron chi connectivity index (χ1n) is 8.41. The summed E-state index contributed by atoms with van der Waals surface area (Å²) in [6, 6.07) is 5.94. The van der Waals surface area contributed by atoms with Gasteiger partial charge in [0.25, 0.3) is 0 Å². The van der Waals surface area contributed by atoms with E-state index in [9.17, 15) is 13.2 Å². The molecule has 132 valence electrons. The number of anilines is 1. The first-order chi connectivity index (χ1) is 11.4. The monoisotopic (exact) mass is 340 g/mol. The molecular formula is C17H23F3N4. The summed E-state index contributed by atoms with van der Waals surface area (Å²) >= 11 is 0. The van der Waals surface area contributed by atoms with E-state index in [1.165, 1.54) is 22.4 Å². The number of nitrogens with zero attached hydrogens (tertiary/aromatic N) is 2. The maximum atomic E-state index is 12.4. The molecule has 0 amide bonds. The number of likely N-dealkylation sites (tertiary alicyclic amines) is 1. The van der Waals surface area contributed by atoms with E-state index in [4.69, 9.17) is 5.73 Å². The fourth-order valence-electron chi connectivity index (χ4n) is 3.58.